The van der Waals surface area contributed by atoms with Crippen LogP contribution in [0.1, 0.15) is 26.7 Å². The number of halogens is 1. The van der Waals surface area contributed by atoms with E-state index in [-0.39, 0.29) is 93.3 Å². The summed E-state index contributed by atoms with van der Waals surface area (Å²) in [7, 11) is 0. The van der Waals surface area contributed by atoms with Gasteiger partial charge in [-0.3, -0.25) is 9.59 Å². The molecule has 1 atom stereocenters. The number of carboxylic acids is 5. The number of rotatable bonds is 8. The van der Waals surface area contributed by atoms with E-state index in [9.17, 15) is 29.1 Å². The largest absolute Gasteiger partial charge is 1.00 e. The molecule has 12 nitrogen and oxygen atoms in total. The number of hydrogen-bond acceptors (Lipinski definition) is 8. The number of aliphatic carboxylic acids is 5. The number of carbonyl (C=O) groups excluding carboxylic acids is 1. The zero-order chi connectivity index (χ0) is 22.2. The molecule has 0 fully saturated rings. The van der Waals surface area contributed by atoms with Crippen molar-refractivity contribution in [1.29, 1.82) is 0 Å². The Balaban J connectivity index is -0.0000000739. The van der Waals surface area contributed by atoms with E-state index in [1.54, 1.807) is 19.1 Å². The second-order valence-corrected chi connectivity index (χ2v) is 4.70. The van der Waals surface area contributed by atoms with Crippen molar-refractivity contribution < 1.29 is 153 Å². The minimum absolute atomic E-state index is 0. The Morgan fingerprint density at radius 2 is 1.30 bits per heavy atom. The molecule has 0 aromatic rings. The number of carbonyl (C=O) groups is 5. The fourth-order valence-corrected chi connectivity index (χ4v) is 0.959. The maximum Gasteiger partial charge on any atom is 1.00 e. The molecule has 0 aromatic carbocycles. The monoisotopic (exact) mass is 490 g/mol. The summed E-state index contributed by atoms with van der Waals surface area (Å²) in [4.78, 5) is 49.6. The second-order valence-electron chi connectivity index (χ2n) is 4.70. The minimum Gasteiger partial charge on any atom is -1.00 e. The maximum absolute atomic E-state index is 10.3. The Morgan fingerprint density at radius 1 is 0.967 bits per heavy atom. The molecular weight excluding hydrogens is 470 g/mol. The molecule has 0 heterocycles. The van der Waals surface area contributed by atoms with E-state index in [0.717, 1.165) is 6.08 Å². The molecule has 1 unspecified atom stereocenters. The fourth-order valence-electron chi connectivity index (χ4n) is 0.959. The molecule has 15 heteroatoms. The normalized spacial score (nSPS) is 10.4. The van der Waals surface area contributed by atoms with Crippen LogP contribution in [-0.4, -0.2) is 72.2 Å². The van der Waals surface area contributed by atoms with Gasteiger partial charge in [-0.05, 0) is 19.9 Å². The Hall–Kier alpha value is -0.324. The van der Waals surface area contributed by atoms with Gasteiger partial charge in [0, 0.05) is 0 Å². The van der Waals surface area contributed by atoms with Gasteiger partial charge in [-0.1, -0.05) is 18.2 Å². The van der Waals surface area contributed by atoms with Crippen LogP contribution in [0.3, 0.4) is 0 Å². The van der Waals surface area contributed by atoms with Crippen molar-refractivity contribution in [2.75, 3.05) is 0 Å². The molecule has 0 rings (SSSR count). The zero-order valence-electron chi connectivity index (χ0n) is 16.8. The van der Waals surface area contributed by atoms with Crippen LogP contribution in [0.2, 0.25) is 0 Å². The number of aliphatic hydroxyl groups is 2. The molecular formula is C15H21ClKNaO12. The van der Waals surface area contributed by atoms with Crippen LogP contribution in [-0.2, 0) is 24.0 Å². The molecule has 0 amide bonds. The summed E-state index contributed by atoms with van der Waals surface area (Å²) in [5.41, 5.74) is -2.74. The molecule has 0 aliphatic carbocycles. The molecule has 0 aliphatic rings. The summed E-state index contributed by atoms with van der Waals surface area (Å²) in [5.74, 6) is -7.37. The van der Waals surface area contributed by atoms with Gasteiger partial charge in [0.2, 0.25) is 0 Å². The SMILES string of the molecule is C/C=C/C=C/C(=O)[O-].CC(O)C(=O)O.O=C(O)CC(O)(CC(=O)O)C(=O)O.[Cl-].[K+].[Na+]. The molecule has 6 N–H and O–H groups in total. The molecule has 0 spiro atoms. The molecule has 0 aliphatic heterocycles. The number of allylic oxidation sites excluding steroid dienone is 3. The van der Waals surface area contributed by atoms with Crippen molar-refractivity contribution in [2.45, 2.75) is 38.4 Å². The van der Waals surface area contributed by atoms with E-state index in [1.165, 1.54) is 13.0 Å². The third kappa shape index (κ3) is 32.3. The van der Waals surface area contributed by atoms with E-state index in [1.807, 2.05) is 0 Å². The summed E-state index contributed by atoms with van der Waals surface area (Å²) >= 11 is 0. The van der Waals surface area contributed by atoms with Gasteiger partial charge in [0.05, 0.1) is 18.8 Å². The first kappa shape index (κ1) is 43.5. The Labute approximate surface area is 242 Å². The summed E-state index contributed by atoms with van der Waals surface area (Å²) in [6.45, 7) is 3.00. The third-order valence-electron chi connectivity index (χ3n) is 2.18. The van der Waals surface area contributed by atoms with E-state index in [0.29, 0.717) is 0 Å². The van der Waals surface area contributed by atoms with E-state index < -0.39 is 54.4 Å². The Bertz CT molecular complexity index is 576. The average molecular weight is 491 g/mol. The third-order valence-corrected chi connectivity index (χ3v) is 2.18. The van der Waals surface area contributed by atoms with Crippen molar-refractivity contribution in [3.05, 3.63) is 24.3 Å². The van der Waals surface area contributed by atoms with Crippen LogP contribution in [0.5, 0.6) is 0 Å². The van der Waals surface area contributed by atoms with Gasteiger partial charge in [0.1, 0.15) is 6.10 Å². The topological polar surface area (TPSA) is 230 Å². The molecule has 0 bridgehead atoms. The quantitative estimate of drug-likeness (QED) is 0.106. The number of hydrogen-bond donors (Lipinski definition) is 6. The van der Waals surface area contributed by atoms with Crippen molar-refractivity contribution >= 4 is 29.8 Å². The molecule has 0 saturated heterocycles. The first-order valence-electron chi connectivity index (χ1n) is 7.00. The first-order valence-corrected chi connectivity index (χ1v) is 7.00. The second kappa shape index (κ2) is 24.9. The molecule has 0 radical (unpaired) electrons. The Kier molecular flexibility index (Phi) is 36.2. The van der Waals surface area contributed by atoms with Crippen LogP contribution in [0, 0.1) is 0 Å². The predicted molar refractivity (Wildman–Crippen MR) is 85.4 cm³/mol. The van der Waals surface area contributed by atoms with Gasteiger partial charge >= 0.3 is 105 Å². The van der Waals surface area contributed by atoms with Crippen molar-refractivity contribution in [1.82, 2.24) is 0 Å². The van der Waals surface area contributed by atoms with E-state index in [4.69, 9.17) is 30.6 Å². The molecule has 0 saturated carbocycles. The summed E-state index contributed by atoms with van der Waals surface area (Å²) in [6, 6.07) is 0. The summed E-state index contributed by atoms with van der Waals surface area (Å²) in [6.07, 6.45) is 2.22. The van der Waals surface area contributed by atoms with Gasteiger partial charge in [-0.2, -0.15) is 0 Å². The smallest absolute Gasteiger partial charge is 1.00 e. The van der Waals surface area contributed by atoms with Crippen molar-refractivity contribution in [3.8, 4) is 0 Å². The van der Waals surface area contributed by atoms with Crippen LogP contribution >= 0.6 is 0 Å². The number of carboxylic acid groups (broad SMARTS) is 5. The standard InChI is InChI=1S/C6H8O7.C6H8O2.C3H6O3.ClH.K.Na/c7-3(8)1-6(13,5(11)12)2-4(9)10;1-2-3-4-5-6(7)8;1-2(4)3(5)6;;;/h13H,1-2H2,(H,7,8)(H,9,10)(H,11,12);2-5H,1H3,(H,7,8);2,4H,1H3,(H,5,6);1H;;/q;;;;2*+1/p-2/b;3-2+,5-4+;;;;. The van der Waals surface area contributed by atoms with Crippen LogP contribution < -0.4 is 98.5 Å². The summed E-state index contributed by atoms with van der Waals surface area (Å²) < 4.78 is 0. The van der Waals surface area contributed by atoms with Gasteiger partial charge in [0.25, 0.3) is 0 Å². The molecule has 0 aromatic heterocycles. The first-order chi connectivity index (χ1) is 12.2. The van der Waals surface area contributed by atoms with Gasteiger partial charge in [-0.25, -0.2) is 9.59 Å². The Morgan fingerprint density at radius 3 is 1.47 bits per heavy atom. The molecule has 30 heavy (non-hydrogen) atoms. The van der Waals surface area contributed by atoms with Gasteiger partial charge < -0.3 is 52.9 Å². The average Bonchev–Trinajstić information content (AvgIpc) is 2.46. The van der Waals surface area contributed by atoms with E-state index >= 15 is 0 Å². The van der Waals surface area contributed by atoms with Gasteiger partial charge in [0.15, 0.2) is 5.60 Å². The van der Waals surface area contributed by atoms with Crippen LogP contribution in [0.4, 0.5) is 0 Å². The maximum atomic E-state index is 10.3. The molecule has 162 valence electrons. The summed E-state index contributed by atoms with van der Waals surface area (Å²) in [5, 5.41) is 59.2. The predicted octanol–water partition coefficient (Wildman–Crippen LogP) is -10.9. The van der Waals surface area contributed by atoms with Crippen LogP contribution in [0.25, 0.3) is 0 Å². The number of aliphatic hydroxyl groups excluding tert-OH is 1. The minimum atomic E-state index is -2.74. The fraction of sp³-hybridized carbons (Fsp3) is 0.400. The van der Waals surface area contributed by atoms with Crippen LogP contribution in [0.15, 0.2) is 24.3 Å². The van der Waals surface area contributed by atoms with Gasteiger partial charge in [-0.15, -0.1) is 0 Å². The zero-order valence-corrected chi connectivity index (χ0v) is 22.7. The van der Waals surface area contributed by atoms with Crippen molar-refractivity contribution in [2.24, 2.45) is 0 Å². The van der Waals surface area contributed by atoms with Crippen molar-refractivity contribution in [3.63, 3.8) is 0 Å². The van der Waals surface area contributed by atoms with E-state index in [2.05, 4.69) is 0 Å².